The third kappa shape index (κ3) is 4.10. The third-order valence-electron chi connectivity index (χ3n) is 4.96. The molecule has 0 fully saturated rings. The number of aliphatic hydroxyl groups is 1. The number of nitrogens with zero attached hydrogens (tertiary/aromatic N) is 2. The molecule has 0 aliphatic carbocycles. The molecule has 30 heavy (non-hydrogen) atoms. The summed E-state index contributed by atoms with van der Waals surface area (Å²) in [6, 6.07) is 21.5. The van der Waals surface area contributed by atoms with Crippen LogP contribution in [0.4, 0.5) is 0 Å². The Morgan fingerprint density at radius 3 is 2.90 bits per heavy atom. The molecular formula is C24H20N2O3S. The molecule has 2 aromatic heterocycles. The minimum Gasteiger partial charge on any atom is -0.487 e. The molecule has 5 rings (SSSR count). The molecule has 2 unspecified atom stereocenters. The number of pyridine rings is 2. The second kappa shape index (κ2) is 8.34. The van der Waals surface area contributed by atoms with E-state index in [0.29, 0.717) is 24.5 Å². The summed E-state index contributed by atoms with van der Waals surface area (Å²) in [6.45, 7) is 0.361. The van der Waals surface area contributed by atoms with Crippen molar-refractivity contribution in [1.82, 2.24) is 9.97 Å². The Balaban J connectivity index is 1.27. The monoisotopic (exact) mass is 416 g/mol. The van der Waals surface area contributed by atoms with Gasteiger partial charge in [-0.25, -0.2) is 4.98 Å². The van der Waals surface area contributed by atoms with Crippen LogP contribution in [0.1, 0.15) is 23.8 Å². The van der Waals surface area contributed by atoms with Crippen LogP contribution in [-0.2, 0) is 6.61 Å². The maximum absolute atomic E-state index is 10.7. The normalized spacial score (nSPS) is 17.9. The Morgan fingerprint density at radius 1 is 1.07 bits per heavy atom. The second-order valence-corrected chi connectivity index (χ2v) is 8.32. The summed E-state index contributed by atoms with van der Waals surface area (Å²) in [5.74, 6) is 1.37. The molecule has 5 nitrogen and oxygen atoms in total. The van der Waals surface area contributed by atoms with Crippen molar-refractivity contribution in [2.75, 3.05) is 0 Å². The van der Waals surface area contributed by atoms with Gasteiger partial charge in [-0.1, -0.05) is 36.0 Å². The molecule has 0 radical (unpaired) electrons. The van der Waals surface area contributed by atoms with Crippen LogP contribution in [0.5, 0.6) is 11.5 Å². The van der Waals surface area contributed by atoms with Crippen molar-refractivity contribution in [3.8, 4) is 11.5 Å². The molecule has 4 aromatic rings. The Bertz CT molecular complexity index is 1170. The van der Waals surface area contributed by atoms with Crippen LogP contribution in [0.15, 0.2) is 84.0 Å². The number of ether oxygens (including phenoxy) is 2. The van der Waals surface area contributed by atoms with Gasteiger partial charge in [0.2, 0.25) is 0 Å². The molecular weight excluding hydrogens is 396 g/mol. The van der Waals surface area contributed by atoms with E-state index in [2.05, 4.69) is 9.97 Å². The van der Waals surface area contributed by atoms with Crippen molar-refractivity contribution in [2.45, 2.75) is 29.5 Å². The summed E-state index contributed by atoms with van der Waals surface area (Å²) in [7, 11) is 0. The number of aliphatic hydroxyl groups excluding tert-OH is 1. The van der Waals surface area contributed by atoms with Gasteiger partial charge in [-0.2, -0.15) is 0 Å². The standard InChI is InChI=1S/C24H20N2O3S/c27-22-13-24(30-19-5-3-11-25-14-19)29-23-10-9-18(12-20(22)23)28-15-17-8-7-16-4-1-2-6-21(16)26-17/h1-12,14,22,24,27H,13,15H2. The van der Waals surface area contributed by atoms with E-state index in [1.165, 1.54) is 0 Å². The number of benzene rings is 2. The number of hydrogen-bond acceptors (Lipinski definition) is 6. The number of fused-ring (bicyclic) bond motifs is 2. The smallest absolute Gasteiger partial charge is 0.151 e. The maximum Gasteiger partial charge on any atom is 0.151 e. The summed E-state index contributed by atoms with van der Waals surface area (Å²) in [4.78, 5) is 9.78. The summed E-state index contributed by atoms with van der Waals surface area (Å²) < 4.78 is 12.0. The minimum absolute atomic E-state index is 0.162. The van der Waals surface area contributed by atoms with Crippen LogP contribution in [-0.4, -0.2) is 20.5 Å². The molecule has 1 aliphatic rings. The summed E-state index contributed by atoms with van der Waals surface area (Å²) >= 11 is 1.56. The molecule has 2 atom stereocenters. The number of para-hydroxylation sites is 1. The molecule has 1 N–H and O–H groups in total. The lowest BCUT2D eigenvalue weighted by molar-refractivity contribution is 0.102. The lowest BCUT2D eigenvalue weighted by Crippen LogP contribution is -2.22. The molecule has 0 saturated heterocycles. The van der Waals surface area contributed by atoms with Crippen molar-refractivity contribution in [3.63, 3.8) is 0 Å². The van der Waals surface area contributed by atoms with Gasteiger partial charge < -0.3 is 14.6 Å². The Labute approximate surface area is 178 Å². The highest BCUT2D eigenvalue weighted by molar-refractivity contribution is 7.99. The average Bonchev–Trinajstić information content (AvgIpc) is 2.78. The van der Waals surface area contributed by atoms with Crippen molar-refractivity contribution in [1.29, 1.82) is 0 Å². The zero-order chi connectivity index (χ0) is 20.3. The van der Waals surface area contributed by atoms with Gasteiger partial charge in [0.25, 0.3) is 0 Å². The largest absolute Gasteiger partial charge is 0.487 e. The molecule has 6 heteroatoms. The molecule has 0 spiro atoms. The first kappa shape index (κ1) is 18.9. The quantitative estimate of drug-likeness (QED) is 0.486. The number of thioether (sulfide) groups is 1. The van der Waals surface area contributed by atoms with Crippen molar-refractivity contribution in [2.24, 2.45) is 0 Å². The fraction of sp³-hybridized carbons (Fsp3) is 0.167. The molecule has 2 aromatic carbocycles. The molecule has 3 heterocycles. The third-order valence-corrected chi connectivity index (χ3v) is 6.02. The lowest BCUT2D eigenvalue weighted by atomic mass is 10.0. The SMILES string of the molecule is OC1CC(Sc2cccnc2)Oc2ccc(OCc3ccc4ccccc4n3)cc21. The Hall–Kier alpha value is -3.09. The first-order valence-corrected chi connectivity index (χ1v) is 10.7. The summed E-state index contributed by atoms with van der Waals surface area (Å²) in [6.07, 6.45) is 3.44. The van der Waals surface area contributed by atoms with Gasteiger partial charge in [0.1, 0.15) is 18.1 Å². The van der Waals surface area contributed by atoms with Crippen LogP contribution in [0.25, 0.3) is 10.9 Å². The number of aromatic nitrogens is 2. The molecule has 0 bridgehead atoms. The zero-order valence-electron chi connectivity index (χ0n) is 16.1. The molecule has 1 aliphatic heterocycles. The lowest BCUT2D eigenvalue weighted by Gasteiger charge is -2.29. The van der Waals surface area contributed by atoms with Gasteiger partial charge in [0, 0.05) is 34.7 Å². The molecule has 0 saturated carbocycles. The van der Waals surface area contributed by atoms with Crippen LogP contribution in [0.3, 0.4) is 0 Å². The number of hydrogen-bond donors (Lipinski definition) is 1. The fourth-order valence-electron chi connectivity index (χ4n) is 3.47. The van der Waals surface area contributed by atoms with Crippen molar-refractivity contribution in [3.05, 3.63) is 90.4 Å². The van der Waals surface area contributed by atoms with Crippen LogP contribution >= 0.6 is 11.8 Å². The van der Waals surface area contributed by atoms with Gasteiger partial charge in [-0.05, 0) is 42.5 Å². The van der Waals surface area contributed by atoms with Crippen LogP contribution in [0.2, 0.25) is 0 Å². The van der Waals surface area contributed by atoms with E-state index in [-0.39, 0.29) is 5.44 Å². The van der Waals surface area contributed by atoms with E-state index in [9.17, 15) is 5.11 Å². The first-order valence-electron chi connectivity index (χ1n) is 9.77. The highest BCUT2D eigenvalue weighted by Gasteiger charge is 2.28. The van der Waals surface area contributed by atoms with Gasteiger partial charge >= 0.3 is 0 Å². The van der Waals surface area contributed by atoms with E-state index < -0.39 is 6.10 Å². The highest BCUT2D eigenvalue weighted by Crippen LogP contribution is 2.41. The predicted octanol–water partition coefficient (Wildman–Crippen LogP) is 5.14. The van der Waals surface area contributed by atoms with Crippen LogP contribution < -0.4 is 9.47 Å². The highest BCUT2D eigenvalue weighted by atomic mass is 32.2. The summed E-state index contributed by atoms with van der Waals surface area (Å²) in [5.41, 5.74) is 2.40. The number of rotatable bonds is 5. The van der Waals surface area contributed by atoms with E-state index in [4.69, 9.17) is 9.47 Å². The average molecular weight is 417 g/mol. The second-order valence-electron chi connectivity index (χ2n) is 7.09. The van der Waals surface area contributed by atoms with E-state index in [1.54, 1.807) is 24.2 Å². The zero-order valence-corrected chi connectivity index (χ0v) is 17.0. The van der Waals surface area contributed by atoms with E-state index in [1.807, 2.05) is 66.7 Å². The molecule has 150 valence electrons. The fourth-order valence-corrected chi connectivity index (χ4v) is 4.48. The Morgan fingerprint density at radius 2 is 2.00 bits per heavy atom. The first-order chi connectivity index (χ1) is 14.7. The minimum atomic E-state index is -0.606. The van der Waals surface area contributed by atoms with Gasteiger partial charge in [-0.15, -0.1) is 0 Å². The Kier molecular flexibility index (Phi) is 5.26. The predicted molar refractivity (Wildman–Crippen MR) is 117 cm³/mol. The van der Waals surface area contributed by atoms with E-state index >= 15 is 0 Å². The van der Waals surface area contributed by atoms with Crippen LogP contribution in [0, 0.1) is 0 Å². The van der Waals surface area contributed by atoms with Gasteiger partial charge in [-0.3, -0.25) is 4.98 Å². The summed E-state index contributed by atoms with van der Waals surface area (Å²) in [5, 5.41) is 11.8. The van der Waals surface area contributed by atoms with Gasteiger partial charge in [0.15, 0.2) is 5.44 Å². The van der Waals surface area contributed by atoms with Crippen molar-refractivity contribution < 1.29 is 14.6 Å². The topological polar surface area (TPSA) is 64.5 Å². The van der Waals surface area contributed by atoms with E-state index in [0.717, 1.165) is 27.1 Å². The maximum atomic E-state index is 10.7. The van der Waals surface area contributed by atoms with Gasteiger partial charge in [0.05, 0.1) is 17.3 Å². The van der Waals surface area contributed by atoms with Crippen molar-refractivity contribution >= 4 is 22.7 Å². The molecule has 0 amide bonds.